The molecule has 0 aliphatic heterocycles. The summed E-state index contributed by atoms with van der Waals surface area (Å²) < 4.78 is 0.765. The summed E-state index contributed by atoms with van der Waals surface area (Å²) in [4.78, 5) is 12.1. The van der Waals surface area contributed by atoms with Crippen molar-refractivity contribution in [3.05, 3.63) is 62.0 Å². The average Bonchev–Trinajstić information content (AvgIpc) is 2.42. The van der Waals surface area contributed by atoms with Crippen LogP contribution in [0, 0.1) is 11.3 Å². The molecule has 0 aliphatic carbocycles. The Balaban J connectivity index is 2.30. The molecule has 0 spiro atoms. The van der Waals surface area contributed by atoms with E-state index < -0.39 is 0 Å². The predicted octanol–water partition coefficient (Wildman–Crippen LogP) is 4.88. The fourth-order valence-corrected chi connectivity index (χ4v) is 2.21. The standard InChI is InChI=1S/C14H7BrCl2N2O/c15-10-3-1-9(7-18)13(6-10)19-14(20)8-2-4-11(16)12(17)5-8/h1-6H,(H,19,20). The van der Waals surface area contributed by atoms with Crippen LogP contribution < -0.4 is 5.32 Å². The number of hydrogen-bond donors (Lipinski definition) is 1. The van der Waals surface area contributed by atoms with Gasteiger partial charge in [-0.15, -0.1) is 0 Å². The maximum Gasteiger partial charge on any atom is 0.255 e. The molecule has 0 aromatic heterocycles. The molecule has 3 nitrogen and oxygen atoms in total. The van der Waals surface area contributed by atoms with Gasteiger partial charge in [0.2, 0.25) is 0 Å². The quantitative estimate of drug-likeness (QED) is 0.820. The monoisotopic (exact) mass is 368 g/mol. The van der Waals surface area contributed by atoms with Gasteiger partial charge in [0.1, 0.15) is 6.07 Å². The van der Waals surface area contributed by atoms with Crippen molar-refractivity contribution in [1.29, 1.82) is 5.26 Å². The highest BCUT2D eigenvalue weighted by atomic mass is 79.9. The molecule has 0 fully saturated rings. The molecule has 0 aliphatic rings. The third-order valence-electron chi connectivity index (χ3n) is 2.53. The summed E-state index contributed by atoms with van der Waals surface area (Å²) in [7, 11) is 0. The van der Waals surface area contributed by atoms with Crippen LogP contribution in [-0.4, -0.2) is 5.91 Å². The number of carbonyl (C=O) groups is 1. The fraction of sp³-hybridized carbons (Fsp3) is 0. The molecular weight excluding hydrogens is 363 g/mol. The second kappa shape index (κ2) is 6.27. The van der Waals surface area contributed by atoms with Crippen molar-refractivity contribution in [2.24, 2.45) is 0 Å². The van der Waals surface area contributed by atoms with Gasteiger partial charge >= 0.3 is 0 Å². The van der Waals surface area contributed by atoms with Crippen LogP contribution in [0.2, 0.25) is 10.0 Å². The fourth-order valence-electron chi connectivity index (χ4n) is 1.55. The molecule has 2 rings (SSSR count). The molecule has 0 saturated heterocycles. The van der Waals surface area contributed by atoms with Crippen molar-refractivity contribution in [2.45, 2.75) is 0 Å². The van der Waals surface area contributed by atoms with Gasteiger partial charge in [-0.25, -0.2) is 0 Å². The first kappa shape index (κ1) is 14.9. The number of nitrogens with one attached hydrogen (secondary N) is 1. The van der Waals surface area contributed by atoms with Crippen molar-refractivity contribution in [3.63, 3.8) is 0 Å². The first-order valence-electron chi connectivity index (χ1n) is 5.47. The normalized spacial score (nSPS) is 9.90. The number of benzene rings is 2. The number of nitriles is 1. The van der Waals surface area contributed by atoms with E-state index in [1.54, 1.807) is 30.3 Å². The molecule has 1 amide bonds. The number of rotatable bonds is 2. The van der Waals surface area contributed by atoms with Crippen LogP contribution in [0.1, 0.15) is 15.9 Å². The van der Waals surface area contributed by atoms with Crippen molar-refractivity contribution >= 4 is 50.7 Å². The summed E-state index contributed by atoms with van der Waals surface area (Å²) in [5, 5.41) is 12.4. The Bertz CT molecular complexity index is 726. The lowest BCUT2D eigenvalue weighted by atomic mass is 10.1. The highest BCUT2D eigenvalue weighted by Crippen LogP contribution is 2.24. The first-order chi connectivity index (χ1) is 9.51. The summed E-state index contributed by atoms with van der Waals surface area (Å²) in [6, 6.07) is 11.6. The Morgan fingerprint density at radius 2 is 1.90 bits per heavy atom. The number of amides is 1. The van der Waals surface area contributed by atoms with E-state index in [1.165, 1.54) is 6.07 Å². The van der Waals surface area contributed by atoms with Gasteiger partial charge in [0, 0.05) is 10.0 Å². The number of carbonyl (C=O) groups excluding carboxylic acids is 1. The van der Waals surface area contributed by atoms with E-state index in [1.807, 2.05) is 6.07 Å². The largest absolute Gasteiger partial charge is 0.321 e. The summed E-state index contributed by atoms with van der Waals surface area (Å²) in [5.74, 6) is -0.363. The summed E-state index contributed by atoms with van der Waals surface area (Å²) in [6.45, 7) is 0. The smallest absolute Gasteiger partial charge is 0.255 e. The molecule has 1 N–H and O–H groups in total. The van der Waals surface area contributed by atoms with Gasteiger partial charge in [-0.3, -0.25) is 4.79 Å². The molecular formula is C14H7BrCl2N2O. The summed E-state index contributed by atoms with van der Waals surface area (Å²) >= 11 is 15.0. The zero-order chi connectivity index (χ0) is 14.7. The van der Waals surface area contributed by atoms with Crippen molar-refractivity contribution in [3.8, 4) is 6.07 Å². The van der Waals surface area contributed by atoms with E-state index in [0.29, 0.717) is 26.9 Å². The zero-order valence-corrected chi connectivity index (χ0v) is 13.1. The minimum Gasteiger partial charge on any atom is -0.321 e. The van der Waals surface area contributed by atoms with E-state index in [-0.39, 0.29) is 5.91 Å². The lowest BCUT2D eigenvalue weighted by Gasteiger charge is -2.08. The van der Waals surface area contributed by atoms with E-state index in [9.17, 15) is 4.79 Å². The molecule has 2 aromatic carbocycles. The highest BCUT2D eigenvalue weighted by molar-refractivity contribution is 9.10. The van der Waals surface area contributed by atoms with Crippen molar-refractivity contribution in [2.75, 3.05) is 5.32 Å². The number of nitrogens with zero attached hydrogens (tertiary/aromatic N) is 1. The Kier molecular flexibility index (Phi) is 4.66. The first-order valence-corrected chi connectivity index (χ1v) is 7.02. The molecule has 0 radical (unpaired) electrons. The SMILES string of the molecule is N#Cc1ccc(Br)cc1NC(=O)c1ccc(Cl)c(Cl)c1. The van der Waals surface area contributed by atoms with E-state index in [4.69, 9.17) is 28.5 Å². The van der Waals surface area contributed by atoms with Crippen LogP contribution in [0.5, 0.6) is 0 Å². The van der Waals surface area contributed by atoms with Crippen LogP contribution in [-0.2, 0) is 0 Å². The van der Waals surface area contributed by atoms with Gasteiger partial charge in [-0.2, -0.15) is 5.26 Å². The number of hydrogen-bond acceptors (Lipinski definition) is 2. The molecule has 0 heterocycles. The average molecular weight is 370 g/mol. The van der Waals surface area contributed by atoms with Crippen LogP contribution in [0.4, 0.5) is 5.69 Å². The second-order valence-corrected chi connectivity index (χ2v) is 5.61. The second-order valence-electron chi connectivity index (χ2n) is 3.88. The number of anilines is 1. The maximum absolute atomic E-state index is 12.1. The van der Waals surface area contributed by atoms with Crippen LogP contribution in [0.15, 0.2) is 40.9 Å². The summed E-state index contributed by atoms with van der Waals surface area (Å²) in [6.07, 6.45) is 0. The number of halogens is 3. The zero-order valence-electron chi connectivity index (χ0n) is 9.95. The Labute approximate surface area is 134 Å². The minimum atomic E-state index is -0.363. The Morgan fingerprint density at radius 3 is 2.55 bits per heavy atom. The van der Waals surface area contributed by atoms with Gasteiger partial charge < -0.3 is 5.32 Å². The van der Waals surface area contributed by atoms with Gasteiger partial charge in [-0.05, 0) is 36.4 Å². The van der Waals surface area contributed by atoms with Gasteiger partial charge in [0.15, 0.2) is 0 Å². The molecule has 2 aromatic rings. The molecule has 100 valence electrons. The Hall–Kier alpha value is -1.54. The van der Waals surface area contributed by atoms with Crippen molar-refractivity contribution in [1.82, 2.24) is 0 Å². The predicted molar refractivity (Wildman–Crippen MR) is 83.3 cm³/mol. The van der Waals surface area contributed by atoms with Gasteiger partial charge in [-0.1, -0.05) is 39.1 Å². The van der Waals surface area contributed by atoms with E-state index in [0.717, 1.165) is 4.47 Å². The van der Waals surface area contributed by atoms with Gasteiger partial charge in [0.25, 0.3) is 5.91 Å². The van der Waals surface area contributed by atoms with Crippen LogP contribution in [0.25, 0.3) is 0 Å². The molecule has 0 unspecified atom stereocenters. The molecule has 6 heteroatoms. The minimum absolute atomic E-state index is 0.300. The summed E-state index contributed by atoms with van der Waals surface area (Å²) in [5.41, 5.74) is 1.17. The van der Waals surface area contributed by atoms with Crippen molar-refractivity contribution < 1.29 is 4.79 Å². The molecule has 0 bridgehead atoms. The maximum atomic E-state index is 12.1. The lowest BCUT2D eigenvalue weighted by molar-refractivity contribution is 0.102. The lowest BCUT2D eigenvalue weighted by Crippen LogP contribution is -2.12. The topological polar surface area (TPSA) is 52.9 Å². The molecule has 20 heavy (non-hydrogen) atoms. The van der Waals surface area contributed by atoms with E-state index >= 15 is 0 Å². The van der Waals surface area contributed by atoms with E-state index in [2.05, 4.69) is 21.2 Å². The van der Waals surface area contributed by atoms with Gasteiger partial charge in [0.05, 0.1) is 21.3 Å². The Morgan fingerprint density at radius 1 is 1.15 bits per heavy atom. The van der Waals surface area contributed by atoms with Crippen LogP contribution >= 0.6 is 39.1 Å². The van der Waals surface area contributed by atoms with Crippen LogP contribution in [0.3, 0.4) is 0 Å². The molecule has 0 atom stereocenters. The third-order valence-corrected chi connectivity index (χ3v) is 3.76. The third kappa shape index (κ3) is 3.31. The highest BCUT2D eigenvalue weighted by Gasteiger charge is 2.11. The molecule has 0 saturated carbocycles.